The third kappa shape index (κ3) is 3.65. The molecule has 0 aliphatic heterocycles. The Bertz CT molecular complexity index is 675. The van der Waals surface area contributed by atoms with Crippen LogP contribution in [-0.2, 0) is 4.79 Å². The number of nitrogens with zero attached hydrogens (tertiary/aromatic N) is 1. The molecule has 0 aliphatic rings. The molecular weight excluding hydrogens is 308 g/mol. The Hall–Kier alpha value is -2.34. The molecule has 2 N–H and O–H groups in total. The molecule has 2 rings (SSSR count). The minimum absolute atomic E-state index is 0.239. The van der Waals surface area contributed by atoms with Crippen molar-refractivity contribution in [3.63, 3.8) is 0 Å². The van der Waals surface area contributed by atoms with E-state index in [1.54, 1.807) is 38.1 Å². The Balaban J connectivity index is 2.25. The summed E-state index contributed by atoms with van der Waals surface area (Å²) in [6.45, 7) is 3.28. The Morgan fingerprint density at radius 3 is 2.45 bits per heavy atom. The van der Waals surface area contributed by atoms with Gasteiger partial charge >= 0.3 is 5.97 Å². The third-order valence-corrected chi connectivity index (χ3v) is 3.47. The molecule has 0 saturated heterocycles. The highest BCUT2D eigenvalue weighted by atomic mass is 35.5. The van der Waals surface area contributed by atoms with E-state index in [-0.39, 0.29) is 6.42 Å². The second kappa shape index (κ2) is 6.62. The van der Waals surface area contributed by atoms with E-state index < -0.39 is 17.9 Å². The number of carbonyl (C=O) groups excluding carboxylic acids is 1. The molecule has 0 fully saturated rings. The molecule has 0 spiro atoms. The van der Waals surface area contributed by atoms with E-state index in [9.17, 15) is 9.59 Å². The predicted molar refractivity (Wildman–Crippen MR) is 79.9 cm³/mol. The van der Waals surface area contributed by atoms with E-state index in [0.717, 1.165) is 0 Å². The van der Waals surface area contributed by atoms with Crippen LogP contribution in [0.2, 0.25) is 5.02 Å². The van der Waals surface area contributed by atoms with E-state index in [4.69, 9.17) is 21.2 Å². The molecule has 116 valence electrons. The Morgan fingerprint density at radius 2 is 1.95 bits per heavy atom. The molecule has 1 aromatic heterocycles. The molecule has 0 unspecified atom stereocenters. The first-order valence-corrected chi connectivity index (χ1v) is 6.97. The van der Waals surface area contributed by atoms with Crippen molar-refractivity contribution in [1.29, 1.82) is 0 Å². The van der Waals surface area contributed by atoms with Crippen LogP contribution in [0.25, 0.3) is 0 Å². The summed E-state index contributed by atoms with van der Waals surface area (Å²) in [5.74, 6) is -1.04. The average Bonchev–Trinajstić information content (AvgIpc) is 2.77. The lowest BCUT2D eigenvalue weighted by Gasteiger charge is -2.17. The van der Waals surface area contributed by atoms with E-state index >= 15 is 0 Å². The topological polar surface area (TPSA) is 92.4 Å². The van der Waals surface area contributed by atoms with Gasteiger partial charge in [-0.1, -0.05) is 28.9 Å². The van der Waals surface area contributed by atoms with Crippen LogP contribution in [0.15, 0.2) is 28.8 Å². The maximum atomic E-state index is 12.3. The van der Waals surface area contributed by atoms with Crippen molar-refractivity contribution >= 4 is 23.5 Å². The number of hydrogen-bond donors (Lipinski definition) is 2. The third-order valence-electron chi connectivity index (χ3n) is 3.22. The van der Waals surface area contributed by atoms with Crippen LogP contribution in [0.3, 0.4) is 0 Å². The summed E-state index contributed by atoms with van der Waals surface area (Å²) in [7, 11) is 0. The van der Waals surface area contributed by atoms with Crippen molar-refractivity contribution in [2.24, 2.45) is 0 Å². The van der Waals surface area contributed by atoms with Gasteiger partial charge in [0.25, 0.3) is 5.91 Å². The lowest BCUT2D eigenvalue weighted by Crippen LogP contribution is -2.30. The van der Waals surface area contributed by atoms with Gasteiger partial charge in [0.2, 0.25) is 0 Å². The van der Waals surface area contributed by atoms with Gasteiger partial charge in [-0.05, 0) is 31.5 Å². The number of benzene rings is 1. The summed E-state index contributed by atoms with van der Waals surface area (Å²) in [5.41, 5.74) is 1.44. The molecule has 1 aromatic carbocycles. The largest absolute Gasteiger partial charge is 0.481 e. The Kier molecular flexibility index (Phi) is 4.82. The number of carboxylic acids is 1. The smallest absolute Gasteiger partial charge is 0.305 e. The molecule has 1 amide bonds. The zero-order chi connectivity index (χ0) is 16.3. The SMILES string of the molecule is Cc1noc(C)c1C(=O)N[C@H](CC(=O)O)c1ccc(Cl)cc1. The van der Waals surface area contributed by atoms with Gasteiger partial charge in [0, 0.05) is 5.02 Å². The number of halogens is 1. The summed E-state index contributed by atoms with van der Waals surface area (Å²) in [5, 5.41) is 16.0. The van der Waals surface area contributed by atoms with E-state index in [1.807, 2.05) is 0 Å². The Morgan fingerprint density at radius 1 is 1.32 bits per heavy atom. The number of hydrogen-bond acceptors (Lipinski definition) is 4. The molecular formula is C15H15ClN2O4. The normalized spacial score (nSPS) is 12.0. The molecule has 1 atom stereocenters. The number of nitrogens with one attached hydrogen (secondary N) is 1. The fraction of sp³-hybridized carbons (Fsp3) is 0.267. The molecule has 6 nitrogen and oxygen atoms in total. The fourth-order valence-corrected chi connectivity index (χ4v) is 2.29. The lowest BCUT2D eigenvalue weighted by molar-refractivity contribution is -0.137. The highest BCUT2D eigenvalue weighted by molar-refractivity contribution is 6.30. The van der Waals surface area contributed by atoms with Crippen LogP contribution in [-0.4, -0.2) is 22.1 Å². The van der Waals surface area contributed by atoms with Crippen LogP contribution >= 0.6 is 11.6 Å². The minimum atomic E-state index is -1.01. The van der Waals surface area contributed by atoms with E-state index in [0.29, 0.717) is 27.6 Å². The summed E-state index contributed by atoms with van der Waals surface area (Å²) in [4.78, 5) is 23.4. The lowest BCUT2D eigenvalue weighted by atomic mass is 10.0. The predicted octanol–water partition coefficient (Wildman–Crippen LogP) is 2.89. The number of aryl methyl sites for hydroxylation is 2. The maximum absolute atomic E-state index is 12.3. The molecule has 1 heterocycles. The van der Waals surface area contributed by atoms with Crippen molar-refractivity contribution in [2.75, 3.05) is 0 Å². The number of carboxylic acid groups (broad SMARTS) is 1. The van der Waals surface area contributed by atoms with Gasteiger partial charge in [-0.25, -0.2) is 0 Å². The van der Waals surface area contributed by atoms with Gasteiger partial charge in [-0.2, -0.15) is 0 Å². The molecule has 7 heteroatoms. The number of aliphatic carboxylic acids is 1. The summed E-state index contributed by atoms with van der Waals surface area (Å²) in [6.07, 6.45) is -0.239. The fourth-order valence-electron chi connectivity index (χ4n) is 2.16. The molecule has 0 bridgehead atoms. The van der Waals surface area contributed by atoms with E-state index in [2.05, 4.69) is 10.5 Å². The molecule has 0 aliphatic carbocycles. The van der Waals surface area contributed by atoms with Crippen molar-refractivity contribution < 1.29 is 19.2 Å². The maximum Gasteiger partial charge on any atom is 0.305 e. The zero-order valence-electron chi connectivity index (χ0n) is 12.1. The standard InChI is InChI=1S/C15H15ClN2O4/c1-8-14(9(2)22-18-8)15(21)17-12(7-13(19)20)10-3-5-11(16)6-4-10/h3-6,12H,7H2,1-2H3,(H,17,21)(H,19,20)/t12-/m1/s1. The van der Waals surface area contributed by atoms with Crippen molar-refractivity contribution in [3.05, 3.63) is 51.9 Å². The highest BCUT2D eigenvalue weighted by Crippen LogP contribution is 2.21. The van der Waals surface area contributed by atoms with Crippen molar-refractivity contribution in [3.8, 4) is 0 Å². The van der Waals surface area contributed by atoms with Gasteiger partial charge in [-0.3, -0.25) is 9.59 Å². The van der Waals surface area contributed by atoms with E-state index in [1.165, 1.54) is 0 Å². The number of amides is 1. The van der Waals surface area contributed by atoms with Crippen LogP contribution in [0, 0.1) is 13.8 Å². The van der Waals surface area contributed by atoms with Crippen molar-refractivity contribution in [1.82, 2.24) is 10.5 Å². The highest BCUT2D eigenvalue weighted by Gasteiger charge is 2.23. The summed E-state index contributed by atoms with van der Waals surface area (Å²) in [6, 6.07) is 5.99. The van der Waals surface area contributed by atoms with Gasteiger partial charge in [0.05, 0.1) is 18.2 Å². The molecule has 22 heavy (non-hydrogen) atoms. The van der Waals surface area contributed by atoms with Gasteiger partial charge in [-0.15, -0.1) is 0 Å². The number of aromatic nitrogens is 1. The first kappa shape index (κ1) is 16.0. The van der Waals surface area contributed by atoms with Crippen LogP contribution in [0.5, 0.6) is 0 Å². The molecule has 2 aromatic rings. The summed E-state index contributed by atoms with van der Waals surface area (Å²) < 4.78 is 4.96. The second-order valence-electron chi connectivity index (χ2n) is 4.87. The monoisotopic (exact) mass is 322 g/mol. The first-order chi connectivity index (χ1) is 10.4. The second-order valence-corrected chi connectivity index (χ2v) is 5.31. The van der Waals surface area contributed by atoms with Gasteiger partial charge < -0.3 is 14.9 Å². The van der Waals surface area contributed by atoms with Crippen LogP contribution in [0.1, 0.15) is 39.8 Å². The Labute approximate surface area is 132 Å². The van der Waals surface area contributed by atoms with Crippen molar-refractivity contribution in [2.45, 2.75) is 26.3 Å². The van der Waals surface area contributed by atoms with Gasteiger partial charge in [0.1, 0.15) is 11.3 Å². The molecule has 0 radical (unpaired) electrons. The zero-order valence-corrected chi connectivity index (χ0v) is 12.8. The quantitative estimate of drug-likeness (QED) is 0.883. The van der Waals surface area contributed by atoms with Gasteiger partial charge in [0.15, 0.2) is 0 Å². The minimum Gasteiger partial charge on any atom is -0.481 e. The molecule has 0 saturated carbocycles. The van der Waals surface area contributed by atoms with Crippen LogP contribution in [0.4, 0.5) is 0 Å². The number of rotatable bonds is 5. The number of carbonyl (C=O) groups is 2. The first-order valence-electron chi connectivity index (χ1n) is 6.59. The van der Waals surface area contributed by atoms with Crippen LogP contribution < -0.4 is 5.32 Å². The summed E-state index contributed by atoms with van der Waals surface area (Å²) >= 11 is 5.83. The average molecular weight is 323 g/mol.